The van der Waals surface area contributed by atoms with Gasteiger partial charge in [-0.2, -0.15) is 15.3 Å². The van der Waals surface area contributed by atoms with Crippen LogP contribution in [-0.2, 0) is 69.1 Å². The van der Waals surface area contributed by atoms with Crippen LogP contribution in [0.1, 0.15) is 432 Å². The molecule has 0 unspecified atom stereocenters. The summed E-state index contributed by atoms with van der Waals surface area (Å²) in [7, 11) is 0. The summed E-state index contributed by atoms with van der Waals surface area (Å²) >= 11 is 0. The van der Waals surface area contributed by atoms with Gasteiger partial charge in [0.1, 0.15) is 57.9 Å². The Morgan fingerprint density at radius 3 is 1.11 bits per heavy atom. The molecule has 2 aliphatic rings. The van der Waals surface area contributed by atoms with Crippen molar-refractivity contribution in [1.82, 2.24) is 93.6 Å². The van der Waals surface area contributed by atoms with Crippen LogP contribution in [0.3, 0.4) is 0 Å². The molecule has 0 bridgehead atoms. The fourth-order valence-corrected chi connectivity index (χ4v) is 8.82. The van der Waals surface area contributed by atoms with Crippen LogP contribution >= 0.6 is 0 Å². The van der Waals surface area contributed by atoms with E-state index in [9.17, 15) is 0 Å². The number of ether oxygens (including phenoxy) is 1. The lowest BCUT2D eigenvalue weighted by atomic mass is 9.98. The van der Waals surface area contributed by atoms with Crippen LogP contribution in [0.15, 0.2) is 48.9 Å². The van der Waals surface area contributed by atoms with Gasteiger partial charge in [-0.05, 0) is 111 Å². The smallest absolute Gasteiger partial charge is 0.164 e. The van der Waals surface area contributed by atoms with E-state index in [2.05, 4.69) is 121 Å². The van der Waals surface area contributed by atoms with Gasteiger partial charge in [0, 0.05) is 129 Å². The normalized spacial score (nSPS) is 8.58. The number of hydrogen-bond donors (Lipinski definition) is 0. The second-order valence-corrected chi connectivity index (χ2v) is 18.4. The summed E-state index contributed by atoms with van der Waals surface area (Å²) in [4.78, 5) is 55.8. The van der Waals surface area contributed by atoms with E-state index in [0.29, 0.717) is 6.61 Å². The Bertz CT molecular complexity index is 3450. The monoisotopic (exact) mass is 1700 g/mol. The van der Waals surface area contributed by atoms with Crippen molar-refractivity contribution in [2.45, 2.75) is 447 Å². The molecule has 0 atom stereocenters. The predicted molar refractivity (Wildman–Crippen MR) is 561 cm³/mol. The Balaban J connectivity index is -0.0000000423. The van der Waals surface area contributed by atoms with Crippen molar-refractivity contribution in [3.8, 4) is 0 Å². The molecular weight excluding hydrogens is 1500 g/mol. The van der Waals surface area contributed by atoms with Crippen LogP contribution < -0.4 is 0 Å². The van der Waals surface area contributed by atoms with E-state index in [1.807, 2.05) is 329 Å². The van der Waals surface area contributed by atoms with Gasteiger partial charge in [0.15, 0.2) is 16.9 Å². The quantitative estimate of drug-likeness (QED) is 0.141. The second kappa shape index (κ2) is 129. The lowest BCUT2D eigenvalue weighted by Gasteiger charge is -2.09. The Hall–Kier alpha value is -7.35. The summed E-state index contributed by atoms with van der Waals surface area (Å²) in [6, 6.07) is 9.76. The van der Waals surface area contributed by atoms with Gasteiger partial charge in [-0.25, -0.2) is 73.4 Å². The molecule has 702 valence electrons. The lowest BCUT2D eigenvalue weighted by molar-refractivity contribution is 0.111. The first kappa shape index (κ1) is 176. The number of fused-ring (bicyclic) bond motifs is 8. The van der Waals surface area contributed by atoms with Gasteiger partial charge in [0.05, 0.1) is 42.0 Å². The van der Waals surface area contributed by atoms with E-state index < -0.39 is 0 Å². The molecule has 0 saturated heterocycles. The maximum atomic E-state index is 5.46. The third kappa shape index (κ3) is 70.0. The molecule has 26 heteroatoms. The molecule has 12 rings (SSSR count). The Morgan fingerprint density at radius 1 is 0.336 bits per heavy atom. The average molecular weight is 1700 g/mol. The van der Waals surface area contributed by atoms with Crippen molar-refractivity contribution in [3.05, 3.63) is 147 Å². The fraction of sp³-hybridized carbons (Fsp3) is 0.688. The molecule has 1 aliphatic carbocycles. The van der Waals surface area contributed by atoms with E-state index in [0.717, 1.165) is 179 Å². The third-order valence-electron chi connectivity index (χ3n) is 12.4. The van der Waals surface area contributed by atoms with Gasteiger partial charge >= 0.3 is 0 Å². The Morgan fingerprint density at radius 2 is 0.730 bits per heavy atom. The highest BCUT2D eigenvalue weighted by Crippen LogP contribution is 2.25. The van der Waals surface area contributed by atoms with Gasteiger partial charge in [0.2, 0.25) is 0 Å². The summed E-state index contributed by atoms with van der Waals surface area (Å²) < 4.78 is 11.1. The van der Waals surface area contributed by atoms with Gasteiger partial charge in [0.25, 0.3) is 0 Å². The zero-order valence-corrected chi connectivity index (χ0v) is 84.2. The van der Waals surface area contributed by atoms with Gasteiger partial charge < -0.3 is 4.74 Å². The summed E-state index contributed by atoms with van der Waals surface area (Å²) in [5.74, 6) is 7.90. The van der Waals surface area contributed by atoms with Crippen LogP contribution in [0.25, 0.3) is 28.0 Å². The third-order valence-corrected chi connectivity index (χ3v) is 12.4. The minimum absolute atomic E-state index is 0. The highest BCUT2D eigenvalue weighted by Gasteiger charge is 2.21. The maximum absolute atomic E-state index is 5.46. The van der Waals surface area contributed by atoms with Crippen molar-refractivity contribution < 1.29 is 4.74 Å². The minimum Gasteiger partial charge on any atom is -0.376 e. The average Bonchev–Trinajstić information content (AvgIpc) is 1.63. The summed E-state index contributed by atoms with van der Waals surface area (Å²) in [5.41, 5.74) is 13.9. The van der Waals surface area contributed by atoms with Crippen LogP contribution in [0, 0.1) is 48.5 Å². The van der Waals surface area contributed by atoms with E-state index in [4.69, 9.17) is 4.74 Å². The molecule has 122 heavy (non-hydrogen) atoms. The molecule has 0 saturated carbocycles. The van der Waals surface area contributed by atoms with Gasteiger partial charge in [-0.3, -0.25) is 4.98 Å². The van der Waals surface area contributed by atoms with E-state index >= 15 is 0 Å². The van der Waals surface area contributed by atoms with Crippen molar-refractivity contribution in [1.29, 1.82) is 0 Å². The molecule has 0 spiro atoms. The van der Waals surface area contributed by atoms with Gasteiger partial charge in [-0.1, -0.05) is 322 Å². The zero-order chi connectivity index (χ0) is 88.3. The summed E-state index contributed by atoms with van der Waals surface area (Å²) in [6.07, 6.45) is 16.4. The molecular formula is C96H199B6N19O. The van der Waals surface area contributed by atoms with Crippen LogP contribution in [-0.4, -0.2) is 151 Å². The maximum Gasteiger partial charge on any atom is 0.164 e. The summed E-state index contributed by atoms with van der Waals surface area (Å²) in [5, 5.41) is 13.4. The first-order valence-corrected chi connectivity index (χ1v) is 43.7. The largest absolute Gasteiger partial charge is 0.376 e. The highest BCUT2D eigenvalue weighted by molar-refractivity contribution is 5.77. The molecule has 10 aromatic rings. The van der Waals surface area contributed by atoms with Crippen LogP contribution in [0.2, 0.25) is 0 Å². The van der Waals surface area contributed by atoms with Crippen molar-refractivity contribution in [3.63, 3.8) is 0 Å². The molecule has 0 fully saturated rings. The predicted octanol–water partition coefficient (Wildman–Crippen LogP) is 27.8. The first-order valence-electron chi connectivity index (χ1n) is 43.7. The van der Waals surface area contributed by atoms with E-state index in [1.165, 1.54) is 24.1 Å². The number of pyridine rings is 1. The van der Waals surface area contributed by atoms with Crippen LogP contribution in [0.4, 0.5) is 0 Å². The topological polar surface area (TPSA) is 229 Å². The van der Waals surface area contributed by atoms with Crippen molar-refractivity contribution in [2.24, 2.45) is 0 Å². The minimum atomic E-state index is 0. The molecule has 20 nitrogen and oxygen atoms in total. The van der Waals surface area contributed by atoms with Crippen molar-refractivity contribution >= 4 is 78.5 Å². The number of hydrogen-bond acceptors (Lipinski definition) is 17. The fourth-order valence-electron chi connectivity index (χ4n) is 8.82. The number of aryl methyl sites for hydroxylation is 15. The van der Waals surface area contributed by atoms with Gasteiger partial charge in [-0.15, -0.1) is 0 Å². The molecule has 10 aromatic heterocycles. The molecule has 0 N–H and O–H groups in total. The summed E-state index contributed by atoms with van der Waals surface area (Å²) in [6.45, 7) is 95.4. The first-order chi connectivity index (χ1) is 53.7. The highest BCUT2D eigenvalue weighted by atomic mass is 16.5. The lowest BCUT2D eigenvalue weighted by Crippen LogP contribution is -2.08. The number of nitrogens with zero attached hydrogens (tertiary/aromatic N) is 19. The van der Waals surface area contributed by atoms with E-state index in [-0.39, 0.29) is 95.0 Å². The van der Waals surface area contributed by atoms with E-state index in [1.54, 1.807) is 18.6 Å². The molecule has 1 aliphatic heterocycles. The zero-order valence-electron chi connectivity index (χ0n) is 84.2. The number of aromatic nitrogens is 19. The SMILES string of the molecule is C.C.C.C.C.C.CC.CC.CC.CC.CC.CC.CC.CC.CC.CC.CC.CC.CC.CC.CC.CC.CC.CCc1cc(C)n2nccc2n1.CCc1nc(C)nc(C)n1.CCc1nc(C)nc2c3c(nn12)CCCC3.CCc1nc(C)nc2c3c(nn12)CCOC3.CCc1nc(C)nc2cccnc12.CCc1nccc(C)n1.[B].[B].[B].[B].[B].[B]. The number of rotatable bonds is 6. The Labute approximate surface area is 772 Å². The molecule has 11 heterocycles. The molecule has 0 aromatic carbocycles. The standard InChI is InChI=1S/C12H16N4.C11H14N4O.C10H11N3.C9H11N3.C7H11N3.C7H10N2.17C2H6.6CH4.6B/c1-3-11-13-8(2)14-12-9-6-4-5-7-10(9)15-16(11)12;1-3-10-12-7(2)13-11-8-6-16-5-4-9(8)14-15(10)11;1-3-8-10-9(5-4-6-11-10)13-7(2)12-8;1-3-8-6-7(2)12-9(11-8)4-5-10-12;1-4-7-9-5(2)8-6(3)10-7;1-3-7-8-5-4-6(2)9-7;17*1-2;;;;;;;;;;;;/h3-7H2,1-2H3;3-6H2,1-2H3;4-6H,3H2,1-2H3;4-6H,3H2,1-2H3;4H2,1-3H3;4-5H,3H2,1-2H3;17*1-2H3;6*1H4;;;;;;. The second-order valence-electron chi connectivity index (χ2n) is 18.4. The van der Waals surface area contributed by atoms with Crippen molar-refractivity contribution in [2.75, 3.05) is 6.61 Å². The molecule has 0 amide bonds. The Kier molecular flexibility index (Phi) is 187. The molecule has 18 radical (unpaired) electrons. The van der Waals surface area contributed by atoms with Crippen LogP contribution in [0.5, 0.6) is 0 Å².